The van der Waals surface area contributed by atoms with Crippen LogP contribution in [0.3, 0.4) is 0 Å². The van der Waals surface area contributed by atoms with Crippen LogP contribution in [0.5, 0.6) is 34.8 Å². The van der Waals surface area contributed by atoms with Crippen LogP contribution in [0.1, 0.15) is 37.3 Å². The molecule has 0 unspecified atom stereocenters. The fourth-order valence-electron chi connectivity index (χ4n) is 5.14. The smallest absolute Gasteiger partial charge is 0.307 e. The van der Waals surface area contributed by atoms with E-state index < -0.39 is 35.2 Å². The summed E-state index contributed by atoms with van der Waals surface area (Å²) in [6.45, 7) is 5.06. The van der Waals surface area contributed by atoms with Gasteiger partial charge in [0.1, 0.15) is 23.5 Å². The van der Waals surface area contributed by atoms with Crippen molar-refractivity contribution in [2.75, 3.05) is 46.4 Å². The SMILES string of the molecule is CCOC(=O)CCN1CCC(Oc2c(F)c(Oc3cccc(C4=NCCN4C)c3)nc(Oc3cc(C(=N)N)ccc3O)c2F)CC1. The van der Waals surface area contributed by atoms with E-state index in [0.29, 0.717) is 45.6 Å². The van der Waals surface area contributed by atoms with Gasteiger partial charge >= 0.3 is 5.97 Å². The van der Waals surface area contributed by atoms with E-state index in [1.165, 1.54) is 18.2 Å². The summed E-state index contributed by atoms with van der Waals surface area (Å²) in [5, 5.41) is 18.1. The number of hydrogen-bond donors (Lipinski definition) is 3. The number of nitrogen functional groups attached to an aromatic ring is 1. The first kappa shape index (κ1) is 32.4. The van der Waals surface area contributed by atoms with E-state index in [1.54, 1.807) is 25.1 Å². The average molecular weight is 639 g/mol. The van der Waals surface area contributed by atoms with Crippen molar-refractivity contribution in [3.05, 3.63) is 65.2 Å². The number of carbonyl (C=O) groups excluding carboxylic acids is 1. The van der Waals surface area contributed by atoms with Crippen LogP contribution in [-0.4, -0.2) is 90.0 Å². The Kier molecular flexibility index (Phi) is 10.2. The van der Waals surface area contributed by atoms with Crippen LogP contribution in [-0.2, 0) is 9.53 Å². The molecule has 2 aliphatic rings. The number of hydrogen-bond acceptors (Lipinski definition) is 11. The molecule has 1 fully saturated rings. The van der Waals surface area contributed by atoms with E-state index in [-0.39, 0.29) is 41.0 Å². The lowest BCUT2D eigenvalue weighted by atomic mass is 10.1. The van der Waals surface area contributed by atoms with E-state index in [9.17, 15) is 9.90 Å². The second kappa shape index (κ2) is 14.4. The molecule has 3 heterocycles. The van der Waals surface area contributed by atoms with Crippen LogP contribution in [0.2, 0.25) is 0 Å². The highest BCUT2D eigenvalue weighted by atomic mass is 19.1. The predicted molar refractivity (Wildman–Crippen MR) is 165 cm³/mol. The maximum Gasteiger partial charge on any atom is 0.307 e. The lowest BCUT2D eigenvalue weighted by molar-refractivity contribution is -0.143. The largest absolute Gasteiger partial charge is 0.504 e. The molecule has 12 nitrogen and oxygen atoms in total. The van der Waals surface area contributed by atoms with E-state index in [2.05, 4.69) is 14.9 Å². The molecule has 2 aliphatic heterocycles. The van der Waals surface area contributed by atoms with Crippen molar-refractivity contribution >= 4 is 17.6 Å². The molecule has 5 rings (SSSR count). The molecule has 0 aliphatic carbocycles. The van der Waals surface area contributed by atoms with Gasteiger partial charge in [0.25, 0.3) is 11.8 Å². The molecule has 0 radical (unpaired) electrons. The number of aromatic hydroxyl groups is 1. The van der Waals surface area contributed by atoms with Crippen LogP contribution >= 0.6 is 0 Å². The van der Waals surface area contributed by atoms with Crippen molar-refractivity contribution in [1.29, 1.82) is 5.41 Å². The molecular weight excluding hydrogens is 602 g/mol. The summed E-state index contributed by atoms with van der Waals surface area (Å²) in [5.74, 6) is -4.76. The van der Waals surface area contributed by atoms with Gasteiger partial charge in [-0.2, -0.15) is 13.8 Å². The van der Waals surface area contributed by atoms with Crippen LogP contribution in [0, 0.1) is 17.0 Å². The molecule has 0 amide bonds. The highest BCUT2D eigenvalue weighted by molar-refractivity contribution is 6.00. The number of halogens is 2. The molecule has 14 heteroatoms. The molecule has 4 N–H and O–H groups in total. The molecular formula is C32H36F2N6O6. The lowest BCUT2D eigenvalue weighted by Gasteiger charge is -2.32. The summed E-state index contributed by atoms with van der Waals surface area (Å²) in [5.41, 5.74) is 6.51. The van der Waals surface area contributed by atoms with Crippen molar-refractivity contribution in [2.24, 2.45) is 10.7 Å². The van der Waals surface area contributed by atoms with Crippen molar-refractivity contribution in [3.63, 3.8) is 0 Å². The summed E-state index contributed by atoms with van der Waals surface area (Å²) >= 11 is 0. The number of likely N-dealkylation sites (tertiary alicyclic amines) is 1. The quantitative estimate of drug-likeness (QED) is 0.147. The number of benzene rings is 2. The van der Waals surface area contributed by atoms with E-state index in [0.717, 1.165) is 17.9 Å². The summed E-state index contributed by atoms with van der Waals surface area (Å²) in [6, 6.07) is 10.7. The highest BCUT2D eigenvalue weighted by Gasteiger charge is 2.30. The first-order chi connectivity index (χ1) is 22.1. The summed E-state index contributed by atoms with van der Waals surface area (Å²) in [7, 11) is 1.91. The Labute approximate surface area is 264 Å². The number of nitrogens with one attached hydrogen (secondary N) is 1. The number of phenols is 1. The van der Waals surface area contributed by atoms with Crippen LogP contribution in [0.25, 0.3) is 0 Å². The number of esters is 1. The minimum Gasteiger partial charge on any atom is -0.504 e. The topological polar surface area (TPSA) is 156 Å². The number of piperidine rings is 1. The van der Waals surface area contributed by atoms with Gasteiger partial charge in [0.2, 0.25) is 17.4 Å². The first-order valence-electron chi connectivity index (χ1n) is 15.0. The molecule has 3 aromatic rings. The fraction of sp³-hybridized carbons (Fsp3) is 0.375. The molecule has 2 aromatic carbocycles. The number of pyridine rings is 1. The molecule has 1 aromatic heterocycles. The lowest BCUT2D eigenvalue weighted by Crippen LogP contribution is -2.39. The Balaban J connectivity index is 1.42. The molecule has 0 atom stereocenters. The zero-order valence-electron chi connectivity index (χ0n) is 25.6. The van der Waals surface area contributed by atoms with E-state index in [4.69, 9.17) is 30.1 Å². The Morgan fingerprint density at radius 1 is 1.09 bits per heavy atom. The number of nitrogens with zero attached hydrogens (tertiary/aromatic N) is 4. The Morgan fingerprint density at radius 3 is 2.50 bits per heavy atom. The Morgan fingerprint density at radius 2 is 1.83 bits per heavy atom. The summed E-state index contributed by atoms with van der Waals surface area (Å²) in [6.07, 6.45) is 0.571. The number of ether oxygens (including phenoxy) is 4. The zero-order valence-corrected chi connectivity index (χ0v) is 25.6. The van der Waals surface area contributed by atoms with E-state index >= 15 is 8.78 Å². The minimum absolute atomic E-state index is 0.203. The Hall–Kier alpha value is -4.98. The molecule has 0 bridgehead atoms. The monoisotopic (exact) mass is 638 g/mol. The first-order valence-corrected chi connectivity index (χ1v) is 15.0. The minimum atomic E-state index is -1.24. The van der Waals surface area contributed by atoms with Crippen molar-refractivity contribution in [2.45, 2.75) is 32.3 Å². The summed E-state index contributed by atoms with van der Waals surface area (Å²) in [4.78, 5) is 24.3. The zero-order chi connectivity index (χ0) is 32.8. The molecule has 0 spiro atoms. The number of phenolic OH excluding ortho intramolecular Hbond substituents is 1. The highest BCUT2D eigenvalue weighted by Crippen LogP contribution is 2.40. The van der Waals surface area contributed by atoms with Crippen molar-refractivity contribution in [1.82, 2.24) is 14.8 Å². The van der Waals surface area contributed by atoms with Crippen LogP contribution < -0.4 is 19.9 Å². The van der Waals surface area contributed by atoms with Gasteiger partial charge in [-0.1, -0.05) is 12.1 Å². The maximum absolute atomic E-state index is 16.0. The van der Waals surface area contributed by atoms with Gasteiger partial charge in [-0.05, 0) is 50.1 Å². The summed E-state index contributed by atoms with van der Waals surface area (Å²) < 4.78 is 54.2. The number of aliphatic imine (C=N–C) groups is 1. The molecule has 244 valence electrons. The maximum atomic E-state index is 16.0. The predicted octanol–water partition coefficient (Wildman–Crippen LogP) is 4.42. The average Bonchev–Trinajstić information content (AvgIpc) is 3.48. The number of likely N-dealkylation sites (N-methyl/N-ethyl adjacent to an activating group) is 1. The number of rotatable bonds is 12. The second-order valence-electron chi connectivity index (χ2n) is 10.8. The van der Waals surface area contributed by atoms with Gasteiger partial charge in [0.15, 0.2) is 11.5 Å². The molecule has 0 saturated carbocycles. The van der Waals surface area contributed by atoms with Gasteiger partial charge in [-0.3, -0.25) is 15.2 Å². The van der Waals surface area contributed by atoms with Crippen LogP contribution in [0.4, 0.5) is 8.78 Å². The third-order valence-electron chi connectivity index (χ3n) is 7.58. The fourth-order valence-corrected chi connectivity index (χ4v) is 5.14. The third-order valence-corrected chi connectivity index (χ3v) is 7.58. The number of carbonyl (C=O) groups is 1. The number of amidine groups is 2. The second-order valence-corrected chi connectivity index (χ2v) is 10.8. The normalized spacial score (nSPS) is 15.4. The van der Waals surface area contributed by atoms with Crippen molar-refractivity contribution in [3.8, 4) is 34.8 Å². The molecule has 46 heavy (non-hydrogen) atoms. The van der Waals surface area contributed by atoms with Gasteiger partial charge in [-0.25, -0.2) is 0 Å². The van der Waals surface area contributed by atoms with Gasteiger partial charge in [0, 0.05) is 44.4 Å². The Bertz CT molecular complexity index is 1630. The van der Waals surface area contributed by atoms with Crippen molar-refractivity contribution < 1.29 is 37.6 Å². The number of nitrogens with two attached hydrogens (primary N) is 1. The number of aromatic nitrogens is 1. The van der Waals surface area contributed by atoms with Gasteiger partial charge in [-0.15, -0.1) is 0 Å². The molecule has 1 saturated heterocycles. The van der Waals surface area contributed by atoms with Gasteiger partial charge < -0.3 is 39.6 Å². The third kappa shape index (κ3) is 7.62. The van der Waals surface area contributed by atoms with E-state index in [1.807, 2.05) is 18.0 Å². The van der Waals surface area contributed by atoms with Crippen LogP contribution in [0.15, 0.2) is 47.5 Å². The standard InChI is InChI=1S/C32H36F2N6O6/c1-3-43-25(42)11-15-40-13-9-21(10-14-40)44-28-26(33)31(45-22-6-4-5-20(17-22)30-37-12-16-39(30)2)38-32(27(28)34)46-24-18-19(29(35)36)7-8-23(24)41/h4-8,17-18,21,41H,3,9-16H2,1-2H3,(H3,35,36). The van der Waals surface area contributed by atoms with Gasteiger partial charge in [0.05, 0.1) is 19.6 Å².